The van der Waals surface area contributed by atoms with Crippen LogP contribution < -0.4 is 14.5 Å². The number of benzene rings is 2. The van der Waals surface area contributed by atoms with Crippen molar-refractivity contribution in [1.82, 2.24) is 0 Å². The van der Waals surface area contributed by atoms with E-state index in [1.807, 2.05) is 31.2 Å². The van der Waals surface area contributed by atoms with Gasteiger partial charge in [-0.25, -0.2) is 4.79 Å². The average Bonchev–Trinajstić information content (AvgIpc) is 2.81. The molecule has 2 aromatic rings. The molecule has 2 aliphatic rings. The van der Waals surface area contributed by atoms with E-state index in [9.17, 15) is 4.79 Å². The van der Waals surface area contributed by atoms with Crippen molar-refractivity contribution >= 4 is 17.3 Å². The van der Waals surface area contributed by atoms with E-state index < -0.39 is 0 Å². The van der Waals surface area contributed by atoms with Crippen LogP contribution in [0.5, 0.6) is 5.75 Å². The molecule has 0 bridgehead atoms. The fourth-order valence-electron chi connectivity index (χ4n) is 4.36. The van der Waals surface area contributed by atoms with Crippen molar-refractivity contribution in [1.29, 1.82) is 0 Å². The van der Waals surface area contributed by atoms with Crippen molar-refractivity contribution in [3.8, 4) is 5.75 Å². The maximum atomic E-state index is 11.8. The lowest BCUT2D eigenvalue weighted by atomic mass is 9.98. The summed E-state index contributed by atoms with van der Waals surface area (Å²) in [6.07, 6.45) is 6.69. The Morgan fingerprint density at radius 1 is 0.833 bits per heavy atom. The molecule has 1 saturated carbocycles. The number of nitrogens with zero attached hydrogens (tertiary/aromatic N) is 2. The Morgan fingerprint density at radius 2 is 1.37 bits per heavy atom. The lowest BCUT2D eigenvalue weighted by Crippen LogP contribution is -2.46. The van der Waals surface area contributed by atoms with Crippen LogP contribution in [0.4, 0.5) is 11.4 Å². The van der Waals surface area contributed by atoms with Gasteiger partial charge in [0.1, 0.15) is 5.75 Å². The maximum absolute atomic E-state index is 11.8. The largest absolute Gasteiger partial charge is 0.490 e. The van der Waals surface area contributed by atoms with Crippen LogP contribution in [0.3, 0.4) is 0 Å². The molecule has 1 heterocycles. The second-order valence-electron chi connectivity index (χ2n) is 8.11. The molecule has 0 spiro atoms. The summed E-state index contributed by atoms with van der Waals surface area (Å²) < 4.78 is 11.2. The first-order valence-corrected chi connectivity index (χ1v) is 11.3. The number of rotatable bonds is 6. The zero-order chi connectivity index (χ0) is 20.8. The minimum absolute atomic E-state index is 0.259. The Bertz CT molecular complexity index is 805. The van der Waals surface area contributed by atoms with Crippen LogP contribution in [-0.4, -0.2) is 44.9 Å². The molecule has 0 amide bonds. The zero-order valence-electron chi connectivity index (χ0n) is 17.9. The van der Waals surface area contributed by atoms with Crippen LogP contribution in [0.25, 0.3) is 0 Å². The van der Waals surface area contributed by atoms with Gasteiger partial charge in [-0.05, 0) is 81.1 Å². The third-order valence-electron chi connectivity index (χ3n) is 6.08. The Kier molecular flexibility index (Phi) is 6.77. The molecule has 0 atom stereocenters. The van der Waals surface area contributed by atoms with Gasteiger partial charge in [0.05, 0.1) is 18.3 Å². The highest BCUT2D eigenvalue weighted by atomic mass is 16.5. The number of carbonyl (C=O) groups excluding carboxylic acids is 1. The summed E-state index contributed by atoms with van der Waals surface area (Å²) in [6.45, 7) is 6.09. The molecule has 1 aliphatic heterocycles. The molecule has 2 aromatic carbocycles. The van der Waals surface area contributed by atoms with Gasteiger partial charge in [-0.3, -0.25) is 0 Å². The van der Waals surface area contributed by atoms with Crippen LogP contribution in [0.2, 0.25) is 0 Å². The lowest BCUT2D eigenvalue weighted by molar-refractivity contribution is 0.0526. The summed E-state index contributed by atoms with van der Waals surface area (Å²) >= 11 is 0. The van der Waals surface area contributed by atoms with E-state index >= 15 is 0 Å². The number of piperazine rings is 1. The van der Waals surface area contributed by atoms with Crippen molar-refractivity contribution < 1.29 is 14.3 Å². The fraction of sp³-hybridized carbons (Fsp3) is 0.480. The summed E-state index contributed by atoms with van der Waals surface area (Å²) in [5, 5.41) is 0. The molecule has 1 aliphatic carbocycles. The second-order valence-corrected chi connectivity index (χ2v) is 8.11. The smallest absolute Gasteiger partial charge is 0.338 e. The van der Waals surface area contributed by atoms with Crippen LogP contribution in [-0.2, 0) is 4.74 Å². The molecule has 0 radical (unpaired) electrons. The Balaban J connectivity index is 1.29. The highest BCUT2D eigenvalue weighted by Gasteiger charge is 2.19. The van der Waals surface area contributed by atoms with Gasteiger partial charge in [0.15, 0.2) is 0 Å². The SMILES string of the molecule is CCOC(=O)c1ccc(N2CCN(c3ccc(OC4CCCCC4)cc3)CC2)cc1. The van der Waals surface area contributed by atoms with E-state index in [0.717, 1.165) is 37.6 Å². The molecule has 2 fully saturated rings. The van der Waals surface area contributed by atoms with Gasteiger partial charge < -0.3 is 19.3 Å². The van der Waals surface area contributed by atoms with Crippen molar-refractivity contribution in [3.63, 3.8) is 0 Å². The van der Waals surface area contributed by atoms with Gasteiger partial charge in [0.25, 0.3) is 0 Å². The van der Waals surface area contributed by atoms with E-state index in [2.05, 4.69) is 34.1 Å². The number of carbonyl (C=O) groups is 1. The van der Waals surface area contributed by atoms with Gasteiger partial charge >= 0.3 is 5.97 Å². The lowest BCUT2D eigenvalue weighted by Gasteiger charge is -2.37. The van der Waals surface area contributed by atoms with Crippen LogP contribution >= 0.6 is 0 Å². The molecular formula is C25H32N2O3. The summed E-state index contributed by atoms with van der Waals surface area (Å²) in [5.41, 5.74) is 3.01. The summed E-state index contributed by atoms with van der Waals surface area (Å²) in [5.74, 6) is 0.732. The summed E-state index contributed by atoms with van der Waals surface area (Å²) in [4.78, 5) is 16.6. The first kappa shape index (κ1) is 20.6. The van der Waals surface area contributed by atoms with Crippen LogP contribution in [0.1, 0.15) is 49.4 Å². The maximum Gasteiger partial charge on any atom is 0.338 e. The highest BCUT2D eigenvalue weighted by molar-refractivity contribution is 5.89. The number of hydrogen-bond donors (Lipinski definition) is 0. The first-order valence-electron chi connectivity index (χ1n) is 11.3. The number of hydrogen-bond acceptors (Lipinski definition) is 5. The standard InChI is InChI=1S/C25H32N2O3/c1-2-29-25(28)20-8-10-21(11-9-20)26-16-18-27(19-17-26)22-12-14-24(15-13-22)30-23-6-4-3-5-7-23/h8-15,23H,2-7,16-19H2,1H3. The Hall–Kier alpha value is -2.69. The van der Waals surface area contributed by atoms with Gasteiger partial charge in [0.2, 0.25) is 0 Å². The molecule has 4 rings (SSSR count). The third kappa shape index (κ3) is 5.07. The summed E-state index contributed by atoms with van der Waals surface area (Å²) in [6, 6.07) is 16.3. The van der Waals surface area contributed by atoms with Crippen molar-refractivity contribution in [3.05, 3.63) is 54.1 Å². The monoisotopic (exact) mass is 408 g/mol. The van der Waals surface area contributed by atoms with E-state index in [1.54, 1.807) is 0 Å². The predicted octanol–water partition coefficient (Wildman–Crippen LogP) is 4.90. The Labute approximate surface area is 179 Å². The fourth-order valence-corrected chi connectivity index (χ4v) is 4.36. The van der Waals surface area contributed by atoms with E-state index in [0.29, 0.717) is 18.3 Å². The average molecular weight is 409 g/mol. The molecule has 160 valence electrons. The quantitative estimate of drug-likeness (QED) is 0.636. The van der Waals surface area contributed by atoms with Gasteiger partial charge in [-0.2, -0.15) is 0 Å². The molecule has 0 unspecified atom stereocenters. The van der Waals surface area contributed by atoms with Crippen molar-refractivity contribution in [2.45, 2.75) is 45.1 Å². The van der Waals surface area contributed by atoms with Gasteiger partial charge in [0, 0.05) is 37.6 Å². The second kappa shape index (κ2) is 9.88. The highest BCUT2D eigenvalue weighted by Crippen LogP contribution is 2.26. The molecule has 5 heteroatoms. The summed E-state index contributed by atoms with van der Waals surface area (Å²) in [7, 11) is 0. The van der Waals surface area contributed by atoms with Crippen LogP contribution in [0, 0.1) is 0 Å². The molecule has 30 heavy (non-hydrogen) atoms. The molecule has 5 nitrogen and oxygen atoms in total. The Morgan fingerprint density at radius 3 is 1.90 bits per heavy atom. The molecular weight excluding hydrogens is 376 g/mol. The normalized spacial score (nSPS) is 17.6. The van der Waals surface area contributed by atoms with Gasteiger partial charge in [-0.15, -0.1) is 0 Å². The minimum atomic E-state index is -0.259. The number of esters is 1. The van der Waals surface area contributed by atoms with Crippen LogP contribution in [0.15, 0.2) is 48.5 Å². The zero-order valence-corrected chi connectivity index (χ0v) is 17.9. The first-order chi connectivity index (χ1) is 14.7. The van der Waals surface area contributed by atoms with Crippen molar-refractivity contribution in [2.24, 2.45) is 0 Å². The topological polar surface area (TPSA) is 42.0 Å². The predicted molar refractivity (Wildman–Crippen MR) is 121 cm³/mol. The number of anilines is 2. The van der Waals surface area contributed by atoms with E-state index in [4.69, 9.17) is 9.47 Å². The van der Waals surface area contributed by atoms with E-state index in [-0.39, 0.29) is 5.97 Å². The number of ether oxygens (including phenoxy) is 2. The molecule has 0 aromatic heterocycles. The van der Waals surface area contributed by atoms with E-state index in [1.165, 1.54) is 37.8 Å². The molecule has 0 N–H and O–H groups in total. The van der Waals surface area contributed by atoms with Crippen molar-refractivity contribution in [2.75, 3.05) is 42.6 Å². The van der Waals surface area contributed by atoms with Gasteiger partial charge in [-0.1, -0.05) is 6.42 Å². The molecule has 1 saturated heterocycles. The third-order valence-corrected chi connectivity index (χ3v) is 6.08. The minimum Gasteiger partial charge on any atom is -0.490 e.